The minimum atomic E-state index is -2.49. The van der Waals surface area contributed by atoms with Crippen LogP contribution in [0.5, 0.6) is 5.75 Å². The number of rotatable bonds is 15. The minimum Gasteiger partial charge on any atom is -0.497 e. The zero-order valence-corrected chi connectivity index (χ0v) is 36.2. The molecule has 8 rings (SSSR count). The molecule has 61 heavy (non-hydrogen) atoms. The van der Waals surface area contributed by atoms with E-state index >= 15 is 4.79 Å². The SMILES string of the molecule is COC(=O)CCCCN1C(=O)[C@@]2(O[C@@H](CCn3cc(C(CO)c4ccccc4)nn3)[C@H]([Si](C)(C)c3ccc(OC)cc3)[C@H]2C)c2cc(-n3ncc4ccccc4c3=O)ccc21. The van der Waals surface area contributed by atoms with Crippen LogP contribution in [0.1, 0.15) is 55.3 Å². The van der Waals surface area contributed by atoms with Crippen LogP contribution in [0.4, 0.5) is 5.69 Å². The van der Waals surface area contributed by atoms with Crippen LogP contribution in [-0.4, -0.2) is 83.3 Å². The zero-order valence-electron chi connectivity index (χ0n) is 35.2. The number of methoxy groups -OCH3 is 2. The van der Waals surface area contributed by atoms with Gasteiger partial charge in [0, 0.05) is 42.6 Å². The zero-order chi connectivity index (χ0) is 42.9. The molecule has 14 heteroatoms. The van der Waals surface area contributed by atoms with Gasteiger partial charge >= 0.3 is 5.97 Å². The molecule has 1 spiro atoms. The van der Waals surface area contributed by atoms with E-state index in [1.165, 1.54) is 17.0 Å². The first-order chi connectivity index (χ1) is 29.5. The molecule has 0 aliphatic carbocycles. The summed E-state index contributed by atoms with van der Waals surface area (Å²) in [6, 6.07) is 31.0. The van der Waals surface area contributed by atoms with E-state index in [4.69, 9.17) is 14.2 Å². The second kappa shape index (κ2) is 17.2. The van der Waals surface area contributed by atoms with Crippen molar-refractivity contribution in [3.8, 4) is 11.4 Å². The van der Waals surface area contributed by atoms with Crippen LogP contribution in [0.25, 0.3) is 16.5 Å². The van der Waals surface area contributed by atoms with Crippen molar-refractivity contribution in [2.75, 3.05) is 32.3 Å². The Hall–Kier alpha value is -5.96. The molecule has 4 heterocycles. The van der Waals surface area contributed by atoms with E-state index in [1.54, 1.807) is 29.0 Å². The van der Waals surface area contributed by atoms with E-state index in [0.717, 1.165) is 16.7 Å². The lowest BCUT2D eigenvalue weighted by Crippen LogP contribution is -2.52. The molecule has 5 atom stereocenters. The number of hydrogen-bond acceptors (Lipinski definition) is 10. The van der Waals surface area contributed by atoms with Crippen molar-refractivity contribution < 1.29 is 28.9 Å². The summed E-state index contributed by atoms with van der Waals surface area (Å²) in [5, 5.41) is 26.4. The van der Waals surface area contributed by atoms with Crippen LogP contribution in [0.2, 0.25) is 18.6 Å². The maximum atomic E-state index is 15.4. The summed E-state index contributed by atoms with van der Waals surface area (Å²) in [5.74, 6) is -0.304. The van der Waals surface area contributed by atoms with Gasteiger partial charge in [0.05, 0.1) is 69.6 Å². The number of anilines is 1. The van der Waals surface area contributed by atoms with Crippen molar-refractivity contribution in [2.45, 2.75) is 75.4 Å². The summed E-state index contributed by atoms with van der Waals surface area (Å²) < 4.78 is 21.0. The van der Waals surface area contributed by atoms with Crippen LogP contribution in [0, 0.1) is 5.92 Å². The molecule has 1 fully saturated rings. The predicted molar refractivity (Wildman–Crippen MR) is 235 cm³/mol. The lowest BCUT2D eigenvalue weighted by atomic mass is 9.82. The maximum Gasteiger partial charge on any atom is 0.305 e. The molecule has 1 saturated heterocycles. The molecule has 0 saturated carbocycles. The summed E-state index contributed by atoms with van der Waals surface area (Å²) in [6.07, 6.45) is 5.09. The van der Waals surface area contributed by atoms with Crippen molar-refractivity contribution in [3.63, 3.8) is 0 Å². The smallest absolute Gasteiger partial charge is 0.305 e. The molecule has 2 aliphatic rings. The van der Waals surface area contributed by atoms with Crippen molar-refractivity contribution in [1.29, 1.82) is 0 Å². The topological polar surface area (TPSA) is 151 Å². The number of aliphatic hydroxyl groups is 1. The highest BCUT2D eigenvalue weighted by atomic mass is 28.3. The fourth-order valence-electron chi connectivity index (χ4n) is 9.74. The van der Waals surface area contributed by atoms with Crippen molar-refractivity contribution in [1.82, 2.24) is 24.8 Å². The number of carbonyl (C=O) groups is 2. The van der Waals surface area contributed by atoms with Gasteiger partial charge in [-0.15, -0.1) is 5.10 Å². The number of ether oxygens (including phenoxy) is 3. The van der Waals surface area contributed by atoms with Gasteiger partial charge < -0.3 is 24.2 Å². The average molecular weight is 841 g/mol. The van der Waals surface area contributed by atoms with E-state index in [2.05, 4.69) is 47.6 Å². The average Bonchev–Trinajstić information content (AvgIpc) is 3.94. The minimum absolute atomic E-state index is 0.0559. The number of benzene rings is 4. The first-order valence-electron chi connectivity index (χ1n) is 20.9. The molecule has 1 unspecified atom stereocenters. The lowest BCUT2D eigenvalue weighted by Gasteiger charge is -2.37. The third-order valence-corrected chi connectivity index (χ3v) is 17.3. The number of fused-ring (bicyclic) bond motifs is 3. The summed E-state index contributed by atoms with van der Waals surface area (Å²) in [6.45, 7) is 7.54. The second-order valence-corrected chi connectivity index (χ2v) is 21.3. The molecule has 1 amide bonds. The molecular formula is C47H52N6O7Si. The number of aryl methyl sites for hydroxylation is 1. The van der Waals surface area contributed by atoms with Crippen molar-refractivity contribution >= 4 is 41.6 Å². The van der Waals surface area contributed by atoms with Crippen LogP contribution in [-0.2, 0) is 31.2 Å². The second-order valence-electron chi connectivity index (χ2n) is 16.6. The van der Waals surface area contributed by atoms with Crippen LogP contribution < -0.4 is 20.4 Å². The third-order valence-electron chi connectivity index (χ3n) is 12.9. The van der Waals surface area contributed by atoms with Crippen molar-refractivity contribution in [3.05, 3.63) is 137 Å². The van der Waals surface area contributed by atoms with Gasteiger partial charge in [-0.3, -0.25) is 19.1 Å². The maximum absolute atomic E-state index is 15.4. The number of carbonyl (C=O) groups excluding carboxylic acids is 2. The Labute approximate surface area is 355 Å². The number of aromatic nitrogens is 5. The normalized spacial score (nSPS) is 20.3. The highest BCUT2D eigenvalue weighted by molar-refractivity contribution is 6.91. The molecule has 2 aliphatic heterocycles. The van der Waals surface area contributed by atoms with Gasteiger partial charge in [-0.05, 0) is 66.8 Å². The molecule has 4 aromatic carbocycles. The van der Waals surface area contributed by atoms with E-state index in [0.29, 0.717) is 60.4 Å². The van der Waals surface area contributed by atoms with Gasteiger partial charge in [0.1, 0.15) is 5.75 Å². The predicted octanol–water partition coefficient (Wildman–Crippen LogP) is 6.11. The Morgan fingerprint density at radius 2 is 1.70 bits per heavy atom. The summed E-state index contributed by atoms with van der Waals surface area (Å²) >= 11 is 0. The van der Waals surface area contributed by atoms with Gasteiger partial charge in [-0.1, -0.05) is 91.1 Å². The first-order valence-corrected chi connectivity index (χ1v) is 24.0. The molecule has 6 aromatic rings. The highest BCUT2D eigenvalue weighted by Gasteiger charge is 2.66. The Balaban J connectivity index is 1.20. The van der Waals surface area contributed by atoms with Crippen LogP contribution >= 0.6 is 0 Å². The molecule has 1 N–H and O–H groups in total. The molecule has 0 radical (unpaired) electrons. The first kappa shape index (κ1) is 41.8. The van der Waals surface area contributed by atoms with Crippen molar-refractivity contribution in [2.24, 2.45) is 5.92 Å². The van der Waals surface area contributed by atoms with E-state index in [9.17, 15) is 14.7 Å². The number of esters is 1. The monoisotopic (exact) mass is 840 g/mol. The molecule has 2 aromatic heterocycles. The Bertz CT molecular complexity index is 2600. The molecule has 0 bridgehead atoms. The Kier molecular flexibility index (Phi) is 11.8. The Morgan fingerprint density at radius 1 is 0.951 bits per heavy atom. The summed E-state index contributed by atoms with van der Waals surface area (Å²) in [7, 11) is 0.542. The number of aliphatic hydroxyl groups excluding tert-OH is 1. The number of unbranched alkanes of at least 4 members (excludes halogenated alkanes) is 1. The number of hydrogen-bond donors (Lipinski definition) is 1. The number of amides is 1. The highest BCUT2D eigenvalue weighted by Crippen LogP contribution is 2.60. The third kappa shape index (κ3) is 7.57. The van der Waals surface area contributed by atoms with E-state index in [-0.39, 0.29) is 53.9 Å². The Morgan fingerprint density at radius 3 is 2.44 bits per heavy atom. The molecular weight excluding hydrogens is 789 g/mol. The van der Waals surface area contributed by atoms with E-state index in [1.807, 2.05) is 85.1 Å². The number of nitrogens with zero attached hydrogens (tertiary/aromatic N) is 6. The van der Waals surface area contributed by atoms with Crippen LogP contribution in [0.15, 0.2) is 114 Å². The van der Waals surface area contributed by atoms with E-state index < -0.39 is 13.7 Å². The summed E-state index contributed by atoms with van der Waals surface area (Å²) in [4.78, 5) is 43.1. The fourth-order valence-corrected chi connectivity index (χ4v) is 13.8. The van der Waals surface area contributed by atoms with Gasteiger partial charge in [-0.25, -0.2) is 0 Å². The van der Waals surface area contributed by atoms with Gasteiger partial charge in [0.2, 0.25) is 0 Å². The fraction of sp³-hybridized carbons (Fsp3) is 0.362. The van der Waals surface area contributed by atoms with Gasteiger partial charge in [0.25, 0.3) is 11.5 Å². The van der Waals surface area contributed by atoms with Crippen LogP contribution in [0.3, 0.4) is 0 Å². The lowest BCUT2D eigenvalue weighted by molar-refractivity contribution is -0.146. The quantitative estimate of drug-likeness (QED) is 0.0730. The molecule has 13 nitrogen and oxygen atoms in total. The molecule has 316 valence electrons. The largest absolute Gasteiger partial charge is 0.497 e. The van der Waals surface area contributed by atoms with Gasteiger partial charge in [0.15, 0.2) is 5.60 Å². The van der Waals surface area contributed by atoms with Gasteiger partial charge in [-0.2, -0.15) is 9.78 Å². The summed E-state index contributed by atoms with van der Waals surface area (Å²) in [5.41, 5.74) is 1.86. The standard InChI is InChI=1S/C47H52N6O7Si/c1-31-44(61(4,5)36-21-19-35(58-2)20-22-36)42(24-26-51-29-40(49-50-51)38(30-54)32-13-7-6-8-14-32)60-47(31)39-27-34(53-45(56)37-16-10-9-15-33(37)28-48-53)18-23-41(39)52(46(47)57)25-12-11-17-43(55)59-3/h6-10,13-16,18-23,27-29,31,38,42,44,54H,11-12,17,24-26,30H2,1-5H3/t31-,38?,42+,44-,47+/m1/s1.